The lowest BCUT2D eigenvalue weighted by atomic mass is 10.2. The van der Waals surface area contributed by atoms with Gasteiger partial charge in [0.1, 0.15) is 0 Å². The number of pyridine rings is 1. The molecule has 2 rings (SSSR count). The molecular formula is C13H12BrClN4O. The Balaban J connectivity index is 2.05. The third kappa shape index (κ3) is 3.47. The topological polar surface area (TPSA) is 80.0 Å². The van der Waals surface area contributed by atoms with Crippen LogP contribution in [-0.2, 0) is 6.54 Å². The smallest absolute Gasteiger partial charge is 0.253 e. The first-order valence-electron chi connectivity index (χ1n) is 5.75. The van der Waals surface area contributed by atoms with Gasteiger partial charge < -0.3 is 10.7 Å². The summed E-state index contributed by atoms with van der Waals surface area (Å²) in [7, 11) is 0. The predicted octanol–water partition coefficient (Wildman–Crippen LogP) is 2.71. The van der Waals surface area contributed by atoms with Crippen LogP contribution >= 0.6 is 27.5 Å². The molecule has 104 valence electrons. The van der Waals surface area contributed by atoms with Crippen LogP contribution in [0.4, 0.5) is 5.82 Å². The van der Waals surface area contributed by atoms with Crippen LogP contribution in [0.2, 0.25) is 5.02 Å². The quantitative estimate of drug-likeness (QED) is 0.582. The zero-order valence-corrected chi connectivity index (χ0v) is 12.7. The zero-order chi connectivity index (χ0) is 14.5. The average Bonchev–Trinajstić information content (AvgIpc) is 2.46. The summed E-state index contributed by atoms with van der Waals surface area (Å²) in [5.41, 5.74) is 3.71. The van der Waals surface area contributed by atoms with Gasteiger partial charge in [0.05, 0.1) is 10.6 Å². The van der Waals surface area contributed by atoms with Crippen molar-refractivity contribution in [1.82, 2.24) is 10.3 Å². The maximum atomic E-state index is 12.0. The number of amides is 1. The van der Waals surface area contributed by atoms with Crippen LogP contribution in [0.3, 0.4) is 0 Å². The Morgan fingerprint density at radius 3 is 2.80 bits per heavy atom. The number of nitrogens with zero attached hydrogens (tertiary/aromatic N) is 1. The zero-order valence-electron chi connectivity index (χ0n) is 10.4. The molecule has 0 aliphatic rings. The van der Waals surface area contributed by atoms with E-state index < -0.39 is 0 Å². The second-order valence-corrected chi connectivity index (χ2v) is 5.23. The van der Waals surface area contributed by atoms with E-state index in [0.717, 1.165) is 10.0 Å². The van der Waals surface area contributed by atoms with E-state index >= 15 is 0 Å². The number of benzene rings is 1. The summed E-state index contributed by atoms with van der Waals surface area (Å²) < 4.78 is 0.944. The summed E-state index contributed by atoms with van der Waals surface area (Å²) in [6, 6.07) is 9.18. The van der Waals surface area contributed by atoms with Crippen LogP contribution < -0.4 is 16.6 Å². The molecule has 7 heteroatoms. The molecule has 0 spiro atoms. The summed E-state index contributed by atoms with van der Waals surface area (Å²) >= 11 is 9.35. The Morgan fingerprint density at radius 2 is 2.15 bits per heavy atom. The van der Waals surface area contributed by atoms with E-state index in [1.165, 1.54) is 12.3 Å². The van der Waals surface area contributed by atoms with Gasteiger partial charge in [0.2, 0.25) is 0 Å². The highest BCUT2D eigenvalue weighted by atomic mass is 79.9. The molecule has 20 heavy (non-hydrogen) atoms. The molecule has 0 aliphatic carbocycles. The minimum atomic E-state index is -0.251. The van der Waals surface area contributed by atoms with Gasteiger partial charge in [0.15, 0.2) is 5.82 Å². The molecule has 0 saturated heterocycles. The van der Waals surface area contributed by atoms with E-state index in [2.05, 4.69) is 31.7 Å². The highest BCUT2D eigenvalue weighted by Gasteiger charge is 2.09. The third-order valence-corrected chi connectivity index (χ3v) is 3.70. The number of carbonyl (C=O) groups excluding carboxylic acids is 1. The monoisotopic (exact) mass is 354 g/mol. The van der Waals surface area contributed by atoms with E-state index in [1.807, 2.05) is 24.3 Å². The first kappa shape index (κ1) is 14.8. The van der Waals surface area contributed by atoms with Crippen molar-refractivity contribution >= 4 is 39.3 Å². The number of halogens is 2. The SMILES string of the molecule is NNc1ncc(C(=O)NCc2ccccc2Br)cc1Cl. The van der Waals surface area contributed by atoms with Crippen LogP contribution in [0, 0.1) is 0 Å². The highest BCUT2D eigenvalue weighted by molar-refractivity contribution is 9.10. The molecule has 1 aromatic heterocycles. The molecule has 0 atom stereocenters. The normalized spacial score (nSPS) is 10.2. The van der Waals surface area contributed by atoms with Gasteiger partial charge in [0, 0.05) is 17.2 Å². The summed E-state index contributed by atoms with van der Waals surface area (Å²) in [6.07, 6.45) is 1.41. The van der Waals surface area contributed by atoms with Gasteiger partial charge in [-0.05, 0) is 17.7 Å². The Kier molecular flexibility index (Phi) is 4.94. The molecule has 0 saturated carbocycles. The van der Waals surface area contributed by atoms with Crippen molar-refractivity contribution in [2.45, 2.75) is 6.54 Å². The van der Waals surface area contributed by atoms with E-state index in [9.17, 15) is 4.79 Å². The summed E-state index contributed by atoms with van der Waals surface area (Å²) in [4.78, 5) is 16.0. The number of nitrogens with two attached hydrogens (primary N) is 1. The predicted molar refractivity (Wildman–Crippen MR) is 82.4 cm³/mol. The van der Waals surface area contributed by atoms with E-state index in [1.54, 1.807) is 0 Å². The summed E-state index contributed by atoms with van der Waals surface area (Å²) in [5, 5.41) is 3.09. The number of anilines is 1. The molecule has 5 nitrogen and oxygen atoms in total. The lowest BCUT2D eigenvalue weighted by Gasteiger charge is -2.08. The lowest BCUT2D eigenvalue weighted by Crippen LogP contribution is -2.23. The van der Waals surface area contributed by atoms with E-state index in [-0.39, 0.29) is 5.91 Å². The fourth-order valence-corrected chi connectivity index (χ4v) is 2.23. The minimum absolute atomic E-state index is 0.251. The van der Waals surface area contributed by atoms with E-state index in [0.29, 0.717) is 22.9 Å². The van der Waals surface area contributed by atoms with Crippen LogP contribution in [0.25, 0.3) is 0 Å². The van der Waals surface area contributed by atoms with Crippen molar-refractivity contribution < 1.29 is 4.79 Å². The Hall–Kier alpha value is -1.63. The Labute approximate surface area is 129 Å². The first-order chi connectivity index (χ1) is 9.61. The van der Waals surface area contributed by atoms with Crippen LogP contribution in [0.15, 0.2) is 41.0 Å². The van der Waals surface area contributed by atoms with Crippen LogP contribution in [0.5, 0.6) is 0 Å². The second kappa shape index (κ2) is 6.69. The summed E-state index contributed by atoms with van der Waals surface area (Å²) in [6.45, 7) is 0.411. The van der Waals surface area contributed by atoms with Crippen LogP contribution in [-0.4, -0.2) is 10.9 Å². The number of hydrazine groups is 1. The minimum Gasteiger partial charge on any atom is -0.348 e. The standard InChI is InChI=1S/C13H12BrClN4O/c14-10-4-2-1-3-8(10)6-18-13(20)9-5-11(15)12(19-16)17-7-9/h1-5,7H,6,16H2,(H,17,19)(H,18,20). The Morgan fingerprint density at radius 1 is 1.40 bits per heavy atom. The van der Waals surface area contributed by atoms with Crippen molar-refractivity contribution in [3.63, 3.8) is 0 Å². The Bertz CT molecular complexity index is 636. The van der Waals surface area contributed by atoms with Gasteiger partial charge in [-0.3, -0.25) is 4.79 Å². The molecule has 0 unspecified atom stereocenters. The molecular weight excluding hydrogens is 344 g/mol. The highest BCUT2D eigenvalue weighted by Crippen LogP contribution is 2.19. The van der Waals surface area contributed by atoms with Crippen LogP contribution in [0.1, 0.15) is 15.9 Å². The van der Waals surface area contributed by atoms with E-state index in [4.69, 9.17) is 17.4 Å². The fourth-order valence-electron chi connectivity index (χ4n) is 1.59. The number of hydrogen-bond donors (Lipinski definition) is 3. The van der Waals surface area contributed by atoms with Gasteiger partial charge in [-0.2, -0.15) is 0 Å². The van der Waals surface area contributed by atoms with Crippen molar-refractivity contribution in [1.29, 1.82) is 0 Å². The number of aromatic nitrogens is 1. The molecule has 0 fully saturated rings. The van der Waals surface area contributed by atoms with Gasteiger partial charge in [-0.1, -0.05) is 45.7 Å². The number of carbonyl (C=O) groups is 1. The van der Waals surface area contributed by atoms with Gasteiger partial charge in [-0.25, -0.2) is 10.8 Å². The van der Waals surface area contributed by atoms with Gasteiger partial charge in [-0.15, -0.1) is 0 Å². The number of hydrogen-bond acceptors (Lipinski definition) is 4. The largest absolute Gasteiger partial charge is 0.348 e. The van der Waals surface area contributed by atoms with Crippen molar-refractivity contribution in [2.24, 2.45) is 5.84 Å². The molecule has 4 N–H and O–H groups in total. The number of nitrogen functional groups attached to an aromatic ring is 1. The number of nitrogens with one attached hydrogen (secondary N) is 2. The molecule has 1 heterocycles. The second-order valence-electron chi connectivity index (χ2n) is 3.97. The van der Waals surface area contributed by atoms with Crippen molar-refractivity contribution in [3.05, 3.63) is 57.2 Å². The van der Waals surface area contributed by atoms with Crippen molar-refractivity contribution in [3.8, 4) is 0 Å². The molecule has 0 bridgehead atoms. The molecule has 1 amide bonds. The first-order valence-corrected chi connectivity index (χ1v) is 6.92. The molecule has 0 radical (unpaired) electrons. The van der Waals surface area contributed by atoms with Crippen molar-refractivity contribution in [2.75, 3.05) is 5.43 Å². The van der Waals surface area contributed by atoms with Gasteiger partial charge in [0.25, 0.3) is 5.91 Å². The average molecular weight is 356 g/mol. The van der Waals surface area contributed by atoms with Gasteiger partial charge >= 0.3 is 0 Å². The maximum absolute atomic E-state index is 12.0. The molecule has 2 aromatic rings. The number of rotatable bonds is 4. The molecule has 1 aromatic carbocycles. The summed E-state index contributed by atoms with van der Waals surface area (Å²) in [5.74, 6) is 5.30. The molecule has 0 aliphatic heterocycles. The fraction of sp³-hybridized carbons (Fsp3) is 0.0769. The maximum Gasteiger partial charge on any atom is 0.253 e. The lowest BCUT2D eigenvalue weighted by molar-refractivity contribution is 0.0950. The third-order valence-electron chi connectivity index (χ3n) is 2.64.